The van der Waals surface area contributed by atoms with Crippen LogP contribution in [0.2, 0.25) is 0 Å². The van der Waals surface area contributed by atoms with Crippen molar-refractivity contribution in [1.29, 1.82) is 0 Å². The van der Waals surface area contributed by atoms with Gasteiger partial charge in [-0.05, 0) is 38.1 Å². The number of anilines is 1. The molecule has 0 radical (unpaired) electrons. The number of nitro benzene ring substituents is 1. The van der Waals surface area contributed by atoms with Gasteiger partial charge in [-0.15, -0.1) is 0 Å². The van der Waals surface area contributed by atoms with Gasteiger partial charge in [-0.1, -0.05) is 0 Å². The molecule has 2 rings (SSSR count). The molecular formula is C12H17N3O3. The summed E-state index contributed by atoms with van der Waals surface area (Å²) >= 11 is 0. The van der Waals surface area contributed by atoms with Gasteiger partial charge >= 0.3 is 5.69 Å². The summed E-state index contributed by atoms with van der Waals surface area (Å²) in [5.41, 5.74) is 0.769. The van der Waals surface area contributed by atoms with E-state index in [-0.39, 0.29) is 11.4 Å². The van der Waals surface area contributed by atoms with Gasteiger partial charge in [0.2, 0.25) is 0 Å². The van der Waals surface area contributed by atoms with E-state index in [0.717, 1.165) is 31.6 Å². The number of piperidine rings is 1. The Kier molecular flexibility index (Phi) is 3.99. The summed E-state index contributed by atoms with van der Waals surface area (Å²) < 4.78 is 4.97. The molecular weight excluding hydrogens is 234 g/mol. The first kappa shape index (κ1) is 12.6. The van der Waals surface area contributed by atoms with E-state index in [4.69, 9.17) is 4.74 Å². The van der Waals surface area contributed by atoms with Crippen LogP contribution in [0.5, 0.6) is 5.75 Å². The van der Waals surface area contributed by atoms with Crippen molar-refractivity contribution in [2.24, 2.45) is 0 Å². The van der Waals surface area contributed by atoms with Crippen LogP contribution in [0, 0.1) is 10.1 Å². The molecule has 1 aliphatic heterocycles. The van der Waals surface area contributed by atoms with Crippen LogP contribution in [0.25, 0.3) is 0 Å². The molecule has 2 N–H and O–H groups in total. The average Bonchev–Trinajstić information content (AvgIpc) is 2.40. The number of benzene rings is 1. The number of methoxy groups -OCH3 is 1. The van der Waals surface area contributed by atoms with Gasteiger partial charge in [0.1, 0.15) is 0 Å². The fraction of sp³-hybridized carbons (Fsp3) is 0.500. The number of rotatable bonds is 4. The lowest BCUT2D eigenvalue weighted by Crippen LogP contribution is -2.35. The van der Waals surface area contributed by atoms with Gasteiger partial charge in [0, 0.05) is 17.8 Å². The summed E-state index contributed by atoms with van der Waals surface area (Å²) in [7, 11) is 1.43. The third kappa shape index (κ3) is 2.89. The van der Waals surface area contributed by atoms with Crippen molar-refractivity contribution in [1.82, 2.24) is 5.32 Å². The summed E-state index contributed by atoms with van der Waals surface area (Å²) in [6.07, 6.45) is 2.06. The predicted octanol–water partition coefficient (Wildman–Crippen LogP) is 1.77. The van der Waals surface area contributed by atoms with E-state index in [1.54, 1.807) is 6.07 Å². The van der Waals surface area contributed by atoms with Gasteiger partial charge in [-0.2, -0.15) is 0 Å². The lowest BCUT2D eigenvalue weighted by molar-refractivity contribution is -0.385. The molecule has 0 amide bonds. The molecule has 18 heavy (non-hydrogen) atoms. The van der Waals surface area contributed by atoms with E-state index >= 15 is 0 Å². The van der Waals surface area contributed by atoms with E-state index in [1.165, 1.54) is 13.2 Å². The van der Waals surface area contributed by atoms with Crippen LogP contribution in [0.1, 0.15) is 12.8 Å². The SMILES string of the molecule is COc1ccc(NC2CCNCC2)cc1[N+](=O)[O-]. The Morgan fingerprint density at radius 3 is 2.78 bits per heavy atom. The van der Waals surface area contributed by atoms with Crippen LogP contribution >= 0.6 is 0 Å². The Balaban J connectivity index is 2.13. The number of hydrogen-bond acceptors (Lipinski definition) is 5. The molecule has 98 valence electrons. The molecule has 1 aromatic rings. The van der Waals surface area contributed by atoms with Gasteiger partial charge in [0.15, 0.2) is 5.75 Å². The van der Waals surface area contributed by atoms with Crippen molar-refractivity contribution >= 4 is 11.4 Å². The van der Waals surface area contributed by atoms with Gasteiger partial charge in [-0.3, -0.25) is 10.1 Å². The second-order valence-electron chi connectivity index (χ2n) is 4.31. The molecule has 0 spiro atoms. The Bertz CT molecular complexity index is 431. The highest BCUT2D eigenvalue weighted by atomic mass is 16.6. The summed E-state index contributed by atoms with van der Waals surface area (Å²) in [6, 6.07) is 5.34. The molecule has 1 heterocycles. The standard InChI is InChI=1S/C12H17N3O3/c1-18-12-3-2-10(8-11(12)15(16)17)14-9-4-6-13-7-5-9/h2-3,8-9,13-14H,4-7H2,1H3. The maximum absolute atomic E-state index is 10.9. The number of ether oxygens (including phenoxy) is 1. The van der Waals surface area contributed by atoms with Crippen molar-refractivity contribution in [2.75, 3.05) is 25.5 Å². The van der Waals surface area contributed by atoms with E-state index < -0.39 is 4.92 Å². The molecule has 0 aliphatic carbocycles. The van der Waals surface area contributed by atoms with Crippen LogP contribution in [0.3, 0.4) is 0 Å². The molecule has 1 aliphatic rings. The maximum Gasteiger partial charge on any atom is 0.312 e. The van der Waals surface area contributed by atoms with E-state index in [0.29, 0.717) is 6.04 Å². The summed E-state index contributed by atoms with van der Waals surface area (Å²) in [6.45, 7) is 1.96. The normalized spacial score (nSPS) is 16.3. The average molecular weight is 251 g/mol. The maximum atomic E-state index is 10.9. The van der Waals surface area contributed by atoms with Crippen LogP contribution in [-0.4, -0.2) is 31.2 Å². The van der Waals surface area contributed by atoms with Crippen molar-refractivity contribution in [3.05, 3.63) is 28.3 Å². The second kappa shape index (κ2) is 5.68. The fourth-order valence-electron chi connectivity index (χ4n) is 2.12. The van der Waals surface area contributed by atoms with Crippen LogP contribution in [0.4, 0.5) is 11.4 Å². The summed E-state index contributed by atoms with van der Waals surface area (Å²) in [5.74, 6) is 0.288. The molecule has 1 saturated heterocycles. The zero-order valence-electron chi connectivity index (χ0n) is 10.3. The largest absolute Gasteiger partial charge is 0.490 e. The minimum absolute atomic E-state index is 0.00330. The molecule has 0 bridgehead atoms. The number of hydrogen-bond donors (Lipinski definition) is 2. The van der Waals surface area contributed by atoms with Gasteiger partial charge in [0.05, 0.1) is 12.0 Å². The Hall–Kier alpha value is -1.82. The van der Waals surface area contributed by atoms with Crippen molar-refractivity contribution in [2.45, 2.75) is 18.9 Å². The molecule has 0 atom stereocenters. The smallest absolute Gasteiger partial charge is 0.312 e. The zero-order chi connectivity index (χ0) is 13.0. The van der Waals surface area contributed by atoms with Crippen LogP contribution in [0.15, 0.2) is 18.2 Å². The molecule has 6 heteroatoms. The Labute approximate surface area is 105 Å². The van der Waals surface area contributed by atoms with E-state index in [9.17, 15) is 10.1 Å². The fourth-order valence-corrected chi connectivity index (χ4v) is 2.12. The number of nitro groups is 1. The Morgan fingerprint density at radius 2 is 2.17 bits per heavy atom. The molecule has 1 aromatic carbocycles. The third-order valence-electron chi connectivity index (χ3n) is 3.09. The highest BCUT2D eigenvalue weighted by molar-refractivity contribution is 5.58. The first-order chi connectivity index (χ1) is 8.70. The molecule has 0 aromatic heterocycles. The van der Waals surface area contributed by atoms with Crippen LogP contribution < -0.4 is 15.4 Å². The highest BCUT2D eigenvalue weighted by Crippen LogP contribution is 2.30. The topological polar surface area (TPSA) is 76.4 Å². The lowest BCUT2D eigenvalue weighted by Gasteiger charge is -2.24. The minimum Gasteiger partial charge on any atom is -0.490 e. The molecule has 6 nitrogen and oxygen atoms in total. The van der Waals surface area contributed by atoms with E-state index in [2.05, 4.69) is 10.6 Å². The van der Waals surface area contributed by atoms with Gasteiger partial charge in [-0.25, -0.2) is 0 Å². The molecule has 1 fully saturated rings. The quantitative estimate of drug-likeness (QED) is 0.630. The van der Waals surface area contributed by atoms with Gasteiger partial charge in [0.25, 0.3) is 0 Å². The van der Waals surface area contributed by atoms with Crippen molar-refractivity contribution in [3.63, 3.8) is 0 Å². The molecule has 0 unspecified atom stereocenters. The highest BCUT2D eigenvalue weighted by Gasteiger charge is 2.17. The summed E-state index contributed by atoms with van der Waals surface area (Å²) in [5, 5.41) is 17.5. The number of nitrogens with one attached hydrogen (secondary N) is 2. The first-order valence-electron chi connectivity index (χ1n) is 6.00. The minimum atomic E-state index is -0.424. The number of nitrogens with zero attached hydrogens (tertiary/aromatic N) is 1. The second-order valence-corrected chi connectivity index (χ2v) is 4.31. The van der Waals surface area contributed by atoms with Crippen molar-refractivity contribution in [3.8, 4) is 5.75 Å². The zero-order valence-corrected chi connectivity index (χ0v) is 10.3. The van der Waals surface area contributed by atoms with Crippen LogP contribution in [-0.2, 0) is 0 Å². The third-order valence-corrected chi connectivity index (χ3v) is 3.09. The van der Waals surface area contributed by atoms with E-state index in [1.807, 2.05) is 6.07 Å². The predicted molar refractivity (Wildman–Crippen MR) is 69.2 cm³/mol. The first-order valence-corrected chi connectivity index (χ1v) is 6.00. The Morgan fingerprint density at radius 1 is 1.44 bits per heavy atom. The summed E-state index contributed by atoms with van der Waals surface area (Å²) in [4.78, 5) is 10.5. The monoisotopic (exact) mass is 251 g/mol. The van der Waals surface area contributed by atoms with Crippen molar-refractivity contribution < 1.29 is 9.66 Å². The lowest BCUT2D eigenvalue weighted by atomic mass is 10.1. The van der Waals surface area contributed by atoms with Gasteiger partial charge < -0.3 is 15.4 Å². The molecule has 0 saturated carbocycles.